The number of rotatable bonds is 27. The van der Waals surface area contributed by atoms with E-state index in [4.69, 9.17) is 25.3 Å². The Hall–Kier alpha value is -4.16. The fraction of sp³-hybridized carbons (Fsp3) is 0.702. The molecule has 0 saturated carbocycles. The van der Waals surface area contributed by atoms with Crippen molar-refractivity contribution in [1.82, 2.24) is 30.3 Å². The maximum Gasteiger partial charge on any atom is 0.407 e. The smallest absolute Gasteiger partial charge is 0.407 e. The molecule has 3 rings (SSSR count). The average Bonchev–Trinajstić information content (AvgIpc) is 3.99. The third kappa shape index (κ3) is 15.2. The number of ether oxygens (including phenoxy) is 2. The topological polar surface area (TPSA) is 206 Å². The normalized spacial score (nSPS) is 18.3. The van der Waals surface area contributed by atoms with Crippen LogP contribution in [0.5, 0.6) is 0 Å². The Morgan fingerprint density at radius 1 is 0.969 bits per heavy atom. The van der Waals surface area contributed by atoms with Gasteiger partial charge in [-0.1, -0.05) is 92.1 Å². The zero-order valence-corrected chi connectivity index (χ0v) is 40.8. The van der Waals surface area contributed by atoms with Crippen LogP contribution >= 0.6 is 11.3 Å². The van der Waals surface area contributed by atoms with E-state index in [1.165, 1.54) is 18.4 Å². The number of benzene rings is 1. The lowest BCUT2D eigenvalue weighted by Gasteiger charge is -2.40. The van der Waals surface area contributed by atoms with Crippen LogP contribution in [0, 0.1) is 35.5 Å². The van der Waals surface area contributed by atoms with Crippen LogP contribution in [0.4, 0.5) is 4.79 Å². The van der Waals surface area contributed by atoms with Gasteiger partial charge >= 0.3 is 6.09 Å². The van der Waals surface area contributed by atoms with Crippen molar-refractivity contribution < 1.29 is 43.4 Å². The van der Waals surface area contributed by atoms with Crippen LogP contribution in [-0.2, 0) is 39.9 Å². The molecule has 0 bridgehead atoms. The predicted molar refractivity (Wildman–Crippen MR) is 248 cm³/mol. The number of hydrogen-bond acceptors (Lipinski definition) is 11. The molecule has 1 fully saturated rings. The summed E-state index contributed by atoms with van der Waals surface area (Å²) in [5, 5.41) is 18.1. The molecule has 17 heteroatoms. The van der Waals surface area contributed by atoms with Gasteiger partial charge in [0.2, 0.25) is 23.6 Å². The molecule has 1 aromatic carbocycles. The summed E-state index contributed by atoms with van der Waals surface area (Å²) in [6.07, 6.45) is 2.29. The highest BCUT2D eigenvalue weighted by molar-refractivity contribution is 7.09. The van der Waals surface area contributed by atoms with Crippen molar-refractivity contribution in [3.63, 3.8) is 0 Å². The third-order valence-electron chi connectivity index (χ3n) is 13.0. The number of carboxylic acid groups (broad SMARTS) is 1. The Morgan fingerprint density at radius 2 is 1.66 bits per heavy atom. The van der Waals surface area contributed by atoms with E-state index >= 15 is 0 Å². The van der Waals surface area contributed by atoms with Gasteiger partial charge in [-0.3, -0.25) is 24.0 Å². The maximum absolute atomic E-state index is 14.5. The quantitative estimate of drug-likeness (QED) is 0.0625. The molecule has 1 aliphatic rings. The summed E-state index contributed by atoms with van der Waals surface area (Å²) in [5.74, 6) is 3.51. The molecule has 1 saturated heterocycles. The van der Waals surface area contributed by atoms with Crippen molar-refractivity contribution in [2.75, 3.05) is 47.5 Å². The molecule has 64 heavy (non-hydrogen) atoms. The first-order valence-electron chi connectivity index (χ1n) is 22.9. The first kappa shape index (κ1) is 54.2. The molecule has 360 valence electrons. The van der Waals surface area contributed by atoms with Crippen molar-refractivity contribution >= 4 is 41.1 Å². The van der Waals surface area contributed by atoms with Gasteiger partial charge in [-0.2, -0.15) is 0 Å². The molecule has 2 heterocycles. The minimum Gasteiger partial charge on any atom is -0.465 e. The molecule has 1 aliphatic heterocycles. The fourth-order valence-corrected chi connectivity index (χ4v) is 9.71. The van der Waals surface area contributed by atoms with E-state index in [0.717, 1.165) is 21.9 Å². The summed E-state index contributed by atoms with van der Waals surface area (Å²) in [5.41, 5.74) is 1.07. The van der Waals surface area contributed by atoms with Gasteiger partial charge < -0.3 is 39.9 Å². The molecule has 1 unspecified atom stereocenters. The van der Waals surface area contributed by atoms with Crippen molar-refractivity contribution in [1.29, 1.82) is 0 Å². The van der Waals surface area contributed by atoms with E-state index in [9.17, 15) is 24.0 Å². The summed E-state index contributed by atoms with van der Waals surface area (Å²) < 4.78 is 11.7. The fourth-order valence-electron chi connectivity index (χ4n) is 9.02. The van der Waals surface area contributed by atoms with Gasteiger partial charge in [-0.05, 0) is 54.9 Å². The predicted octanol–water partition coefficient (Wildman–Crippen LogP) is 5.77. The van der Waals surface area contributed by atoms with Gasteiger partial charge in [0.1, 0.15) is 17.2 Å². The van der Waals surface area contributed by atoms with Gasteiger partial charge in [0.05, 0.1) is 43.2 Å². The second-order valence-electron chi connectivity index (χ2n) is 18.2. The molecular weight excluding hydrogens is 839 g/mol. The van der Waals surface area contributed by atoms with Crippen LogP contribution in [0.2, 0.25) is 0 Å². The standard InChI is InChI=1S/C47H77N7O9S/c1-12-31(6)41(53(10)46(58)40(30(4)5)51-44(57)39(29(2)3)32(7)20-24-62-25-23-52(9)47(59)60)37(63-48)28-38(55)54-22-16-19-36(54)42(61-11)33(8)43(56)50-35(45-49-21-26-64-45)27-34-17-14-13-15-18-34/h13-15,17-18,21,26,29-33,35-37,39-42H,12,16,19-20,22-25,27-28,48H2,1-11H3,(H,50,56)(H,51,57)(H,59,60)/t31-,32?,33+,35-,36-,37+,39+,40-,41-,42+/m0/s1. The number of hydrogen-bond donors (Lipinski definition) is 4. The highest BCUT2D eigenvalue weighted by Crippen LogP contribution is 2.31. The molecule has 0 radical (unpaired) electrons. The van der Waals surface area contributed by atoms with E-state index in [1.54, 1.807) is 30.2 Å². The number of nitrogens with two attached hydrogens (primary N) is 1. The summed E-state index contributed by atoms with van der Waals surface area (Å²) in [6.45, 7) is 16.8. The van der Waals surface area contributed by atoms with E-state index < -0.39 is 42.2 Å². The monoisotopic (exact) mass is 916 g/mol. The average molecular weight is 916 g/mol. The van der Waals surface area contributed by atoms with Crippen LogP contribution in [0.3, 0.4) is 0 Å². The lowest BCUT2D eigenvalue weighted by molar-refractivity contribution is -0.149. The third-order valence-corrected chi connectivity index (χ3v) is 13.8. The summed E-state index contributed by atoms with van der Waals surface area (Å²) in [6, 6.07) is 7.74. The number of likely N-dealkylation sites (tertiary alicyclic amines) is 1. The Kier molecular flexibility index (Phi) is 22.6. The second-order valence-corrected chi connectivity index (χ2v) is 19.1. The van der Waals surface area contributed by atoms with Crippen molar-refractivity contribution in [2.45, 2.75) is 130 Å². The highest BCUT2D eigenvalue weighted by atomic mass is 32.1. The molecule has 1 aromatic heterocycles. The van der Waals surface area contributed by atoms with Crippen LogP contribution in [0.15, 0.2) is 41.9 Å². The van der Waals surface area contributed by atoms with Crippen molar-refractivity contribution in [3.05, 3.63) is 52.5 Å². The number of carbonyl (C=O) groups is 5. The van der Waals surface area contributed by atoms with Gasteiger partial charge in [0, 0.05) is 58.4 Å². The Balaban J connectivity index is 1.74. The number of nitrogens with zero attached hydrogens (tertiary/aromatic N) is 4. The van der Waals surface area contributed by atoms with E-state index in [0.29, 0.717) is 38.8 Å². The Bertz CT molecular complexity index is 1740. The number of thiazole rings is 1. The number of amides is 5. The van der Waals surface area contributed by atoms with E-state index in [2.05, 4.69) is 15.6 Å². The SMILES string of the molecule is CC[C@H](C)[C@@H]([C@@H](CC(=O)N1CCC[C@H]1[C@H](OC)[C@@H](C)C(=O)N[C@@H](Cc1ccccc1)c1nccs1)ON)N(C)C(=O)[C@@H](NC(=O)[C@H](C(C)C)C(C)CCOCCN(C)C(=O)O)C(C)C. The lowest BCUT2D eigenvalue weighted by Crippen LogP contribution is -2.59. The largest absolute Gasteiger partial charge is 0.465 e. The lowest BCUT2D eigenvalue weighted by atomic mass is 9.81. The van der Waals surface area contributed by atoms with Crippen LogP contribution in [0.1, 0.15) is 104 Å². The molecule has 5 amide bonds. The number of likely N-dealkylation sites (N-methyl/N-ethyl adjacent to an activating group) is 2. The zero-order chi connectivity index (χ0) is 47.7. The maximum atomic E-state index is 14.5. The number of carbonyl (C=O) groups excluding carboxylic acids is 4. The van der Waals surface area contributed by atoms with Gasteiger partial charge in [0.15, 0.2) is 0 Å². The molecule has 2 aromatic rings. The van der Waals surface area contributed by atoms with E-state index in [-0.39, 0.29) is 79.0 Å². The number of aromatic nitrogens is 1. The van der Waals surface area contributed by atoms with E-state index in [1.807, 2.05) is 91.1 Å². The Labute approximate surface area is 385 Å². The number of nitrogens with one attached hydrogen (secondary N) is 2. The van der Waals surface area contributed by atoms with Crippen LogP contribution in [0.25, 0.3) is 0 Å². The Morgan fingerprint density at radius 3 is 2.22 bits per heavy atom. The molecule has 0 spiro atoms. The first-order chi connectivity index (χ1) is 30.4. The molecule has 0 aliphatic carbocycles. The van der Waals surface area contributed by atoms with Gasteiger partial charge in [-0.15, -0.1) is 11.3 Å². The second kappa shape index (κ2) is 26.7. The molecule has 5 N–H and O–H groups in total. The minimum atomic E-state index is -1.03. The summed E-state index contributed by atoms with van der Waals surface area (Å²) in [4.78, 5) is 82.6. The van der Waals surface area contributed by atoms with Crippen molar-refractivity contribution in [3.8, 4) is 0 Å². The molecule has 10 atom stereocenters. The van der Waals surface area contributed by atoms with Gasteiger partial charge in [0.25, 0.3) is 0 Å². The number of methoxy groups -OCH3 is 1. The van der Waals surface area contributed by atoms with Gasteiger partial charge in [-0.25, -0.2) is 15.7 Å². The van der Waals surface area contributed by atoms with Crippen LogP contribution in [-0.4, -0.2) is 132 Å². The van der Waals surface area contributed by atoms with Crippen LogP contribution < -0.4 is 16.5 Å². The molecular formula is C47H77N7O9S. The molecule has 16 nitrogen and oxygen atoms in total. The zero-order valence-electron chi connectivity index (χ0n) is 40.0. The first-order valence-corrected chi connectivity index (χ1v) is 23.8. The van der Waals surface area contributed by atoms with Crippen molar-refractivity contribution in [2.24, 2.45) is 41.4 Å². The summed E-state index contributed by atoms with van der Waals surface area (Å²) in [7, 11) is 4.72. The summed E-state index contributed by atoms with van der Waals surface area (Å²) >= 11 is 1.49. The highest BCUT2D eigenvalue weighted by Gasteiger charge is 2.44. The minimum absolute atomic E-state index is 0.0349.